The molecule has 4 atom stereocenters. The monoisotopic (exact) mass is 483 g/mol. The maximum atomic E-state index is 12.1. The molecule has 1 aromatic heterocycles. The number of primary amides is 1. The Morgan fingerprint density at radius 3 is 2.79 bits per heavy atom. The molecule has 2 saturated carbocycles. The standard InChI is InChI=1S/C25H34ClN7O/c1-3-32-9-10-33(4-2)20-12-18(8-7-17(20)14-32)29-25-28-13-19(26)24(31-25)30-22-16-6-5-15(11-16)21(22)23(27)34/h7-8,12-13,15-16,21-22H,3-6,9-11,14H2,1-2H3,(H2,27,34)(H2,28,29,30,31)/t15-,16+,21+,22-/m0/s1. The Bertz CT molecular complexity index is 1060. The van der Waals surface area contributed by atoms with Crippen molar-refractivity contribution in [3.8, 4) is 0 Å². The third kappa shape index (κ3) is 4.41. The second-order valence-corrected chi connectivity index (χ2v) is 10.1. The minimum atomic E-state index is -0.236. The highest BCUT2D eigenvalue weighted by molar-refractivity contribution is 6.32. The van der Waals surface area contributed by atoms with Gasteiger partial charge in [-0.3, -0.25) is 9.69 Å². The van der Waals surface area contributed by atoms with Crippen molar-refractivity contribution >= 4 is 40.6 Å². The third-order valence-electron chi connectivity index (χ3n) is 7.88. The molecule has 8 nitrogen and oxygen atoms in total. The van der Waals surface area contributed by atoms with Crippen LogP contribution in [0.3, 0.4) is 0 Å². The molecule has 4 N–H and O–H groups in total. The fourth-order valence-electron chi connectivity index (χ4n) is 6.09. The minimum Gasteiger partial charge on any atom is -0.370 e. The summed E-state index contributed by atoms with van der Waals surface area (Å²) in [5.41, 5.74) is 9.26. The van der Waals surface area contributed by atoms with E-state index in [0.29, 0.717) is 28.6 Å². The van der Waals surface area contributed by atoms with Gasteiger partial charge in [-0.1, -0.05) is 24.6 Å². The molecule has 0 unspecified atom stereocenters. The summed E-state index contributed by atoms with van der Waals surface area (Å²) >= 11 is 6.44. The van der Waals surface area contributed by atoms with Crippen LogP contribution in [0.1, 0.15) is 38.7 Å². The highest BCUT2D eigenvalue weighted by atomic mass is 35.5. The molecule has 3 aliphatic rings. The van der Waals surface area contributed by atoms with E-state index in [2.05, 4.69) is 62.4 Å². The first-order valence-corrected chi connectivity index (χ1v) is 12.8. The molecule has 2 fully saturated rings. The first kappa shape index (κ1) is 23.2. The quantitative estimate of drug-likeness (QED) is 0.550. The predicted molar refractivity (Wildman–Crippen MR) is 137 cm³/mol. The van der Waals surface area contributed by atoms with Gasteiger partial charge in [-0.15, -0.1) is 0 Å². The van der Waals surface area contributed by atoms with Gasteiger partial charge in [0.15, 0.2) is 5.82 Å². The molecule has 2 heterocycles. The lowest BCUT2D eigenvalue weighted by Gasteiger charge is -2.30. The van der Waals surface area contributed by atoms with Crippen molar-refractivity contribution in [2.75, 3.05) is 41.7 Å². The van der Waals surface area contributed by atoms with E-state index < -0.39 is 0 Å². The molecule has 34 heavy (non-hydrogen) atoms. The zero-order valence-electron chi connectivity index (χ0n) is 19.9. The number of nitrogens with zero attached hydrogens (tertiary/aromatic N) is 4. The summed E-state index contributed by atoms with van der Waals surface area (Å²) in [5, 5.41) is 7.24. The van der Waals surface area contributed by atoms with Crippen LogP contribution < -0.4 is 21.3 Å². The SMILES string of the molecule is CCN1CCN(CC)c2cc(Nc3ncc(Cl)c(N[C@H]4[C@@H]5CC[C@@H](C5)[C@H]4C(N)=O)n3)ccc2C1. The van der Waals surface area contributed by atoms with Gasteiger partial charge in [-0.25, -0.2) is 4.98 Å². The molecule has 2 aliphatic carbocycles. The minimum absolute atomic E-state index is 0.0244. The summed E-state index contributed by atoms with van der Waals surface area (Å²) in [5.74, 6) is 1.40. The molecule has 0 radical (unpaired) electrons. The number of carbonyl (C=O) groups is 1. The number of anilines is 4. The van der Waals surface area contributed by atoms with Gasteiger partial charge in [0.2, 0.25) is 11.9 Å². The van der Waals surface area contributed by atoms with Crippen LogP contribution >= 0.6 is 11.6 Å². The Morgan fingerprint density at radius 1 is 1.21 bits per heavy atom. The van der Waals surface area contributed by atoms with Crippen LogP contribution in [-0.4, -0.2) is 53.0 Å². The lowest BCUT2D eigenvalue weighted by Crippen LogP contribution is -2.42. The van der Waals surface area contributed by atoms with Crippen LogP contribution in [0.4, 0.5) is 23.1 Å². The summed E-state index contributed by atoms with van der Waals surface area (Å²) in [6, 6.07) is 6.43. The number of amides is 1. The van der Waals surface area contributed by atoms with Gasteiger partial charge in [-0.05, 0) is 62.3 Å². The molecule has 182 valence electrons. The largest absolute Gasteiger partial charge is 0.370 e. The van der Waals surface area contributed by atoms with E-state index in [1.54, 1.807) is 6.20 Å². The first-order chi connectivity index (χ1) is 16.5. The number of rotatable bonds is 7. The van der Waals surface area contributed by atoms with E-state index in [0.717, 1.165) is 57.7 Å². The summed E-state index contributed by atoms with van der Waals surface area (Å²) in [4.78, 5) is 26.1. The lowest BCUT2D eigenvalue weighted by molar-refractivity contribution is -0.123. The number of hydrogen-bond acceptors (Lipinski definition) is 7. The van der Waals surface area contributed by atoms with E-state index in [-0.39, 0.29) is 17.9 Å². The average Bonchev–Trinajstić information content (AvgIpc) is 3.38. The summed E-state index contributed by atoms with van der Waals surface area (Å²) < 4.78 is 0. The Kier molecular flexibility index (Phi) is 6.53. The zero-order valence-corrected chi connectivity index (χ0v) is 20.7. The van der Waals surface area contributed by atoms with Crippen LogP contribution in [0.5, 0.6) is 0 Å². The zero-order chi connectivity index (χ0) is 23.8. The lowest BCUT2D eigenvalue weighted by atomic mass is 9.84. The van der Waals surface area contributed by atoms with Gasteiger partial charge in [0, 0.05) is 43.6 Å². The molecule has 0 saturated heterocycles. The fraction of sp³-hybridized carbons (Fsp3) is 0.560. The molecule has 2 bridgehead atoms. The van der Waals surface area contributed by atoms with Gasteiger partial charge in [0.1, 0.15) is 5.02 Å². The summed E-state index contributed by atoms with van der Waals surface area (Å²) in [6.07, 6.45) is 4.83. The number of halogens is 1. The van der Waals surface area contributed by atoms with Crippen LogP contribution in [-0.2, 0) is 11.3 Å². The molecule has 1 aliphatic heterocycles. The molecular formula is C25H34ClN7O. The van der Waals surface area contributed by atoms with Crippen molar-refractivity contribution in [2.45, 2.75) is 45.7 Å². The van der Waals surface area contributed by atoms with Crippen LogP contribution in [0, 0.1) is 17.8 Å². The number of nitrogens with one attached hydrogen (secondary N) is 2. The summed E-state index contributed by atoms with van der Waals surface area (Å²) in [6.45, 7) is 9.44. The number of nitrogens with two attached hydrogens (primary N) is 1. The first-order valence-electron chi connectivity index (χ1n) is 12.4. The van der Waals surface area contributed by atoms with E-state index in [4.69, 9.17) is 17.3 Å². The number of fused-ring (bicyclic) bond motifs is 3. The van der Waals surface area contributed by atoms with Crippen molar-refractivity contribution in [3.63, 3.8) is 0 Å². The second kappa shape index (κ2) is 9.58. The van der Waals surface area contributed by atoms with Gasteiger partial charge in [-0.2, -0.15) is 4.98 Å². The van der Waals surface area contributed by atoms with E-state index in [9.17, 15) is 4.79 Å². The fourth-order valence-corrected chi connectivity index (χ4v) is 6.24. The molecule has 0 spiro atoms. The average molecular weight is 484 g/mol. The Hall–Kier alpha value is -2.58. The van der Waals surface area contributed by atoms with Gasteiger partial charge in [0.25, 0.3) is 0 Å². The molecule has 1 aromatic carbocycles. The number of likely N-dealkylation sites (N-methyl/N-ethyl adjacent to an activating group) is 2. The number of benzene rings is 1. The highest BCUT2D eigenvalue weighted by Crippen LogP contribution is 2.49. The molecule has 9 heteroatoms. The molecular weight excluding hydrogens is 450 g/mol. The highest BCUT2D eigenvalue weighted by Gasteiger charge is 2.50. The van der Waals surface area contributed by atoms with E-state index in [1.165, 1.54) is 11.3 Å². The van der Waals surface area contributed by atoms with Crippen LogP contribution in [0.2, 0.25) is 5.02 Å². The maximum Gasteiger partial charge on any atom is 0.229 e. The number of carbonyl (C=O) groups excluding carboxylic acids is 1. The van der Waals surface area contributed by atoms with Gasteiger partial charge < -0.3 is 21.3 Å². The van der Waals surface area contributed by atoms with Crippen molar-refractivity contribution in [1.29, 1.82) is 0 Å². The van der Waals surface area contributed by atoms with E-state index >= 15 is 0 Å². The smallest absolute Gasteiger partial charge is 0.229 e. The van der Waals surface area contributed by atoms with Crippen molar-refractivity contribution in [1.82, 2.24) is 14.9 Å². The summed E-state index contributed by atoms with van der Waals surface area (Å²) in [7, 11) is 0. The van der Waals surface area contributed by atoms with Crippen molar-refractivity contribution in [3.05, 3.63) is 35.0 Å². The topological polar surface area (TPSA) is 99.4 Å². The Balaban J connectivity index is 1.36. The van der Waals surface area contributed by atoms with Crippen LogP contribution in [0.15, 0.2) is 24.4 Å². The molecule has 1 amide bonds. The van der Waals surface area contributed by atoms with Gasteiger partial charge >= 0.3 is 0 Å². The van der Waals surface area contributed by atoms with Crippen LogP contribution in [0.25, 0.3) is 0 Å². The molecule has 2 aromatic rings. The van der Waals surface area contributed by atoms with Crippen molar-refractivity contribution < 1.29 is 4.79 Å². The predicted octanol–water partition coefficient (Wildman–Crippen LogP) is 3.85. The second-order valence-electron chi connectivity index (χ2n) is 9.74. The molecule has 5 rings (SSSR count). The number of aromatic nitrogens is 2. The normalized spacial score (nSPS) is 26.3. The Morgan fingerprint density at radius 2 is 2.03 bits per heavy atom. The number of hydrogen-bond donors (Lipinski definition) is 3. The van der Waals surface area contributed by atoms with E-state index in [1.807, 2.05) is 0 Å². The Labute approximate surface area is 206 Å². The maximum absolute atomic E-state index is 12.1. The van der Waals surface area contributed by atoms with Crippen molar-refractivity contribution in [2.24, 2.45) is 23.5 Å². The van der Waals surface area contributed by atoms with Gasteiger partial charge in [0.05, 0.1) is 12.1 Å². The third-order valence-corrected chi connectivity index (χ3v) is 8.16.